The van der Waals surface area contributed by atoms with E-state index in [1.165, 1.54) is 5.01 Å². The SMILES string of the molecule is CC(C)[C@@H](CNC(=O)C1=NN(C)C(=O)CC1)N(C)C. The van der Waals surface area contributed by atoms with Crippen molar-refractivity contribution >= 4 is 17.5 Å². The van der Waals surface area contributed by atoms with Crippen LogP contribution in [0.3, 0.4) is 0 Å². The van der Waals surface area contributed by atoms with Crippen LogP contribution in [0.15, 0.2) is 5.10 Å². The molecule has 0 saturated heterocycles. The number of hydrazone groups is 1. The molecule has 0 aliphatic carbocycles. The van der Waals surface area contributed by atoms with Crippen LogP contribution in [0.1, 0.15) is 26.7 Å². The van der Waals surface area contributed by atoms with Crippen LogP contribution in [0.4, 0.5) is 0 Å². The summed E-state index contributed by atoms with van der Waals surface area (Å²) in [5.74, 6) is 0.226. The summed E-state index contributed by atoms with van der Waals surface area (Å²) in [5, 5.41) is 8.15. The van der Waals surface area contributed by atoms with Gasteiger partial charge in [0.1, 0.15) is 5.71 Å². The molecule has 0 radical (unpaired) electrons. The fourth-order valence-corrected chi connectivity index (χ4v) is 2.15. The molecule has 1 aliphatic heterocycles. The number of nitrogens with one attached hydrogen (secondary N) is 1. The van der Waals surface area contributed by atoms with Crippen molar-refractivity contribution in [3.8, 4) is 0 Å². The first-order valence-electron chi connectivity index (χ1n) is 6.61. The Morgan fingerprint density at radius 2 is 2.05 bits per heavy atom. The van der Waals surface area contributed by atoms with Crippen LogP contribution in [0.2, 0.25) is 0 Å². The number of hydrogen-bond donors (Lipinski definition) is 1. The molecule has 1 heterocycles. The monoisotopic (exact) mass is 268 g/mol. The van der Waals surface area contributed by atoms with E-state index in [2.05, 4.69) is 29.2 Å². The molecule has 0 saturated carbocycles. The maximum Gasteiger partial charge on any atom is 0.267 e. The fourth-order valence-electron chi connectivity index (χ4n) is 2.15. The zero-order chi connectivity index (χ0) is 14.6. The molecule has 6 nitrogen and oxygen atoms in total. The third-order valence-electron chi connectivity index (χ3n) is 3.37. The van der Waals surface area contributed by atoms with Crippen LogP contribution in [0.5, 0.6) is 0 Å². The average molecular weight is 268 g/mol. The van der Waals surface area contributed by atoms with Crippen LogP contribution in [0.25, 0.3) is 0 Å². The highest BCUT2D eigenvalue weighted by Gasteiger charge is 2.23. The van der Waals surface area contributed by atoms with Crippen molar-refractivity contribution in [3.63, 3.8) is 0 Å². The topological polar surface area (TPSA) is 65.0 Å². The summed E-state index contributed by atoms with van der Waals surface area (Å²) in [6, 6.07) is 0.285. The van der Waals surface area contributed by atoms with E-state index in [1.807, 2.05) is 14.1 Å². The van der Waals surface area contributed by atoms with E-state index in [-0.39, 0.29) is 17.9 Å². The van der Waals surface area contributed by atoms with E-state index >= 15 is 0 Å². The van der Waals surface area contributed by atoms with Crippen molar-refractivity contribution in [2.45, 2.75) is 32.7 Å². The number of carbonyl (C=O) groups excluding carboxylic acids is 2. The third-order valence-corrected chi connectivity index (χ3v) is 3.37. The predicted molar refractivity (Wildman–Crippen MR) is 74.8 cm³/mol. The van der Waals surface area contributed by atoms with Gasteiger partial charge < -0.3 is 10.2 Å². The molecule has 0 aromatic carbocycles. The summed E-state index contributed by atoms with van der Waals surface area (Å²) >= 11 is 0. The minimum atomic E-state index is -0.174. The molecule has 1 rings (SSSR count). The highest BCUT2D eigenvalue weighted by molar-refractivity contribution is 6.39. The van der Waals surface area contributed by atoms with Crippen molar-refractivity contribution in [2.24, 2.45) is 11.0 Å². The van der Waals surface area contributed by atoms with Crippen molar-refractivity contribution in [1.29, 1.82) is 0 Å². The van der Waals surface area contributed by atoms with E-state index in [0.29, 0.717) is 31.0 Å². The normalized spacial score (nSPS) is 17.7. The number of hydrogen-bond acceptors (Lipinski definition) is 4. The second kappa shape index (κ2) is 6.65. The van der Waals surface area contributed by atoms with Crippen molar-refractivity contribution < 1.29 is 9.59 Å². The molecule has 1 N–H and O–H groups in total. The molecular weight excluding hydrogens is 244 g/mol. The lowest BCUT2D eigenvalue weighted by atomic mass is 10.0. The summed E-state index contributed by atoms with van der Waals surface area (Å²) in [5.41, 5.74) is 0.434. The number of carbonyl (C=O) groups is 2. The van der Waals surface area contributed by atoms with Crippen molar-refractivity contribution in [2.75, 3.05) is 27.7 Å². The molecule has 108 valence electrons. The molecular formula is C13H24N4O2. The summed E-state index contributed by atoms with van der Waals surface area (Å²) in [6.07, 6.45) is 0.771. The maximum absolute atomic E-state index is 12.0. The Labute approximate surface area is 114 Å². The second-order valence-electron chi connectivity index (χ2n) is 5.45. The quantitative estimate of drug-likeness (QED) is 0.780. The largest absolute Gasteiger partial charge is 0.349 e. The molecule has 6 heteroatoms. The molecule has 1 atom stereocenters. The predicted octanol–water partition coefficient (Wildman–Crippen LogP) is 0.297. The molecule has 0 spiro atoms. The van der Waals surface area contributed by atoms with Gasteiger partial charge in [-0.2, -0.15) is 5.10 Å². The smallest absolute Gasteiger partial charge is 0.267 e. The number of nitrogens with zero attached hydrogens (tertiary/aromatic N) is 3. The van der Waals surface area contributed by atoms with Gasteiger partial charge in [-0.05, 0) is 20.0 Å². The van der Waals surface area contributed by atoms with Crippen LogP contribution < -0.4 is 5.32 Å². The van der Waals surface area contributed by atoms with Crippen molar-refractivity contribution in [3.05, 3.63) is 0 Å². The Bertz CT molecular complexity index is 369. The molecule has 0 aromatic rings. The lowest BCUT2D eigenvalue weighted by Gasteiger charge is -2.28. The van der Waals surface area contributed by atoms with Crippen LogP contribution in [-0.2, 0) is 9.59 Å². The molecule has 1 aliphatic rings. The summed E-state index contributed by atoms with van der Waals surface area (Å²) in [6.45, 7) is 4.84. The Morgan fingerprint density at radius 3 is 2.53 bits per heavy atom. The zero-order valence-corrected chi connectivity index (χ0v) is 12.4. The molecule has 2 amide bonds. The van der Waals surface area contributed by atoms with Gasteiger partial charge in [-0.3, -0.25) is 9.59 Å². The van der Waals surface area contributed by atoms with E-state index in [0.717, 1.165) is 0 Å². The van der Waals surface area contributed by atoms with Crippen LogP contribution >= 0.6 is 0 Å². The minimum Gasteiger partial charge on any atom is -0.349 e. The van der Waals surface area contributed by atoms with E-state index in [1.54, 1.807) is 7.05 Å². The highest BCUT2D eigenvalue weighted by Crippen LogP contribution is 2.08. The highest BCUT2D eigenvalue weighted by atomic mass is 16.2. The van der Waals surface area contributed by atoms with Gasteiger partial charge >= 0.3 is 0 Å². The van der Waals surface area contributed by atoms with Gasteiger partial charge in [-0.25, -0.2) is 5.01 Å². The maximum atomic E-state index is 12.0. The molecule has 0 bridgehead atoms. The zero-order valence-electron chi connectivity index (χ0n) is 12.4. The Kier molecular flexibility index (Phi) is 5.47. The van der Waals surface area contributed by atoms with Gasteiger partial charge in [0.15, 0.2) is 0 Å². The molecule has 19 heavy (non-hydrogen) atoms. The van der Waals surface area contributed by atoms with E-state index in [9.17, 15) is 9.59 Å². The Morgan fingerprint density at radius 1 is 1.42 bits per heavy atom. The third kappa shape index (κ3) is 4.31. The van der Waals surface area contributed by atoms with Gasteiger partial charge in [0.2, 0.25) is 5.91 Å². The first kappa shape index (κ1) is 15.6. The summed E-state index contributed by atoms with van der Waals surface area (Å²) in [4.78, 5) is 25.4. The summed E-state index contributed by atoms with van der Waals surface area (Å²) in [7, 11) is 5.58. The van der Waals surface area contributed by atoms with Crippen LogP contribution in [0, 0.1) is 5.92 Å². The van der Waals surface area contributed by atoms with Crippen LogP contribution in [-0.4, -0.2) is 61.2 Å². The van der Waals surface area contributed by atoms with Gasteiger partial charge in [0, 0.05) is 32.5 Å². The summed E-state index contributed by atoms with van der Waals surface area (Å²) < 4.78 is 0. The lowest BCUT2D eigenvalue weighted by molar-refractivity contribution is -0.130. The number of amides is 2. The Hall–Kier alpha value is -1.43. The first-order chi connectivity index (χ1) is 8.82. The molecule has 0 unspecified atom stereocenters. The van der Waals surface area contributed by atoms with Crippen molar-refractivity contribution in [1.82, 2.24) is 15.2 Å². The van der Waals surface area contributed by atoms with E-state index in [4.69, 9.17) is 0 Å². The minimum absolute atomic E-state index is 0.0510. The number of rotatable bonds is 5. The lowest BCUT2D eigenvalue weighted by Crippen LogP contribution is -2.46. The van der Waals surface area contributed by atoms with Gasteiger partial charge in [0.25, 0.3) is 5.91 Å². The average Bonchev–Trinajstić information content (AvgIpc) is 2.31. The first-order valence-corrected chi connectivity index (χ1v) is 6.61. The Balaban J connectivity index is 2.56. The van der Waals surface area contributed by atoms with Gasteiger partial charge in [-0.1, -0.05) is 13.8 Å². The second-order valence-corrected chi connectivity index (χ2v) is 5.45. The standard InChI is InChI=1S/C13H24N4O2/c1-9(2)11(16(3)4)8-14-13(19)10-6-7-12(18)17(5)15-10/h9,11H,6-8H2,1-5H3,(H,14,19)/t11-/m1/s1. The fraction of sp³-hybridized carbons (Fsp3) is 0.769. The van der Waals surface area contributed by atoms with Gasteiger partial charge in [0.05, 0.1) is 0 Å². The molecule has 0 fully saturated rings. The number of likely N-dealkylation sites (N-methyl/N-ethyl adjacent to an activating group) is 1. The van der Waals surface area contributed by atoms with Gasteiger partial charge in [-0.15, -0.1) is 0 Å². The molecule has 0 aromatic heterocycles. The van der Waals surface area contributed by atoms with E-state index < -0.39 is 0 Å².